The number of hydrogen-bond acceptors (Lipinski definition) is 2. The Labute approximate surface area is 127 Å². The van der Waals surface area contributed by atoms with Crippen molar-refractivity contribution < 1.29 is 0 Å². The second kappa shape index (κ2) is 6.66. The fourth-order valence-corrected chi connectivity index (χ4v) is 2.96. The Bertz CT molecular complexity index is 451. The Morgan fingerprint density at radius 3 is 2.65 bits per heavy atom. The zero-order valence-electron chi connectivity index (χ0n) is 13.0. The summed E-state index contributed by atoms with van der Waals surface area (Å²) in [4.78, 5) is 4.78. The van der Waals surface area contributed by atoms with Gasteiger partial charge in [-0.25, -0.2) is 0 Å². The van der Waals surface area contributed by atoms with E-state index in [1.807, 2.05) is 11.8 Å². The maximum atomic E-state index is 4.78. The van der Waals surface area contributed by atoms with E-state index in [0.717, 1.165) is 23.9 Å². The number of benzene rings is 1. The number of hydrogen-bond donors (Lipinski definition) is 1. The molecule has 1 unspecified atom stereocenters. The fraction of sp³-hybridized carbons (Fsp3) is 0.588. The molecule has 0 spiro atoms. The lowest BCUT2D eigenvalue weighted by Crippen LogP contribution is -2.30. The summed E-state index contributed by atoms with van der Waals surface area (Å²) in [5, 5.41) is 4.69. The highest BCUT2D eigenvalue weighted by molar-refractivity contribution is 8.14. The summed E-state index contributed by atoms with van der Waals surface area (Å²) in [5.41, 5.74) is 1.67. The first-order valence-corrected chi connectivity index (χ1v) is 8.43. The highest BCUT2D eigenvalue weighted by Crippen LogP contribution is 2.27. The van der Waals surface area contributed by atoms with Crippen molar-refractivity contribution in [3.63, 3.8) is 0 Å². The number of amidine groups is 1. The minimum Gasteiger partial charge on any atom is -0.361 e. The van der Waals surface area contributed by atoms with Crippen molar-refractivity contribution in [2.75, 3.05) is 12.3 Å². The number of nitrogens with one attached hydrogen (secondary N) is 1. The van der Waals surface area contributed by atoms with Gasteiger partial charge in [0.15, 0.2) is 5.17 Å². The van der Waals surface area contributed by atoms with Gasteiger partial charge in [-0.1, -0.05) is 69.8 Å². The van der Waals surface area contributed by atoms with E-state index in [2.05, 4.69) is 63.3 Å². The standard InChI is InChI=1S/C17H26N2S/c1-13(2)17(3,4)12-18-16-19-15(11-20-16)10-14-8-6-5-7-9-14/h5-9,13,15H,10-12H2,1-4H3,(H,18,19). The largest absolute Gasteiger partial charge is 0.361 e. The molecule has 0 aliphatic carbocycles. The minimum atomic E-state index is 0.271. The lowest BCUT2D eigenvalue weighted by Gasteiger charge is -2.27. The van der Waals surface area contributed by atoms with Gasteiger partial charge in [0.2, 0.25) is 0 Å². The molecule has 0 aromatic heterocycles. The second-order valence-electron chi connectivity index (χ2n) is 6.61. The van der Waals surface area contributed by atoms with Gasteiger partial charge in [0.05, 0.1) is 0 Å². The van der Waals surface area contributed by atoms with Crippen LogP contribution in [0.5, 0.6) is 0 Å². The third-order valence-corrected chi connectivity index (χ3v) is 5.36. The SMILES string of the molecule is CC(C)C(C)(C)CN=C1NC(Cc2ccccc2)CS1. The van der Waals surface area contributed by atoms with Gasteiger partial charge < -0.3 is 5.32 Å². The van der Waals surface area contributed by atoms with E-state index in [4.69, 9.17) is 4.99 Å². The van der Waals surface area contributed by atoms with E-state index < -0.39 is 0 Å². The number of rotatable bonds is 5. The van der Waals surface area contributed by atoms with Gasteiger partial charge in [-0.2, -0.15) is 0 Å². The molecule has 2 nitrogen and oxygen atoms in total. The van der Waals surface area contributed by atoms with Crippen LogP contribution >= 0.6 is 11.8 Å². The Hall–Kier alpha value is -0.960. The Morgan fingerprint density at radius 1 is 1.30 bits per heavy atom. The van der Waals surface area contributed by atoms with Crippen LogP contribution in [0.2, 0.25) is 0 Å². The van der Waals surface area contributed by atoms with Gasteiger partial charge in [-0.05, 0) is 23.3 Å². The molecule has 0 radical (unpaired) electrons. The summed E-state index contributed by atoms with van der Waals surface area (Å²) in [7, 11) is 0. The third kappa shape index (κ3) is 4.27. The van der Waals surface area contributed by atoms with Crippen LogP contribution in [-0.4, -0.2) is 23.5 Å². The molecule has 110 valence electrons. The molecule has 0 amide bonds. The van der Waals surface area contributed by atoms with Gasteiger partial charge in [0.25, 0.3) is 0 Å². The maximum absolute atomic E-state index is 4.78. The molecule has 1 N–H and O–H groups in total. The van der Waals surface area contributed by atoms with Crippen LogP contribution in [0, 0.1) is 11.3 Å². The van der Waals surface area contributed by atoms with Gasteiger partial charge in [-0.15, -0.1) is 0 Å². The predicted molar refractivity (Wildman–Crippen MR) is 90.4 cm³/mol. The smallest absolute Gasteiger partial charge is 0.156 e. The van der Waals surface area contributed by atoms with Crippen LogP contribution in [0.3, 0.4) is 0 Å². The highest BCUT2D eigenvalue weighted by atomic mass is 32.2. The third-order valence-electron chi connectivity index (χ3n) is 4.27. The van der Waals surface area contributed by atoms with Crippen LogP contribution in [0.15, 0.2) is 35.3 Å². The van der Waals surface area contributed by atoms with Gasteiger partial charge in [0, 0.05) is 18.3 Å². The van der Waals surface area contributed by atoms with E-state index >= 15 is 0 Å². The van der Waals surface area contributed by atoms with Crippen molar-refractivity contribution in [3.8, 4) is 0 Å². The zero-order chi connectivity index (χ0) is 14.6. The molecule has 1 aliphatic heterocycles. The molecule has 1 aromatic carbocycles. The molecule has 1 aliphatic rings. The number of thioether (sulfide) groups is 1. The van der Waals surface area contributed by atoms with E-state index in [1.54, 1.807) is 0 Å². The number of aliphatic imine (C=N–C) groups is 1. The fourth-order valence-electron chi connectivity index (χ4n) is 2.00. The predicted octanol–water partition coefficient (Wildman–Crippen LogP) is 3.97. The summed E-state index contributed by atoms with van der Waals surface area (Å²) in [6, 6.07) is 11.2. The van der Waals surface area contributed by atoms with Crippen molar-refractivity contribution in [2.45, 2.75) is 40.2 Å². The van der Waals surface area contributed by atoms with E-state index in [-0.39, 0.29) is 5.41 Å². The van der Waals surface area contributed by atoms with E-state index in [0.29, 0.717) is 12.0 Å². The first-order valence-electron chi connectivity index (χ1n) is 7.45. The molecular weight excluding hydrogens is 264 g/mol. The normalized spacial score (nSPS) is 21.4. The van der Waals surface area contributed by atoms with Crippen molar-refractivity contribution in [1.82, 2.24) is 5.32 Å². The second-order valence-corrected chi connectivity index (χ2v) is 7.62. The lowest BCUT2D eigenvalue weighted by molar-refractivity contribution is 0.262. The summed E-state index contributed by atoms with van der Waals surface area (Å²) in [5.74, 6) is 1.77. The van der Waals surface area contributed by atoms with Gasteiger partial charge in [-0.3, -0.25) is 4.99 Å². The molecule has 1 fully saturated rings. The van der Waals surface area contributed by atoms with Crippen molar-refractivity contribution >= 4 is 16.9 Å². The van der Waals surface area contributed by atoms with Crippen LogP contribution in [-0.2, 0) is 6.42 Å². The van der Waals surface area contributed by atoms with Crippen LogP contribution in [0.1, 0.15) is 33.3 Å². The summed E-state index contributed by atoms with van der Waals surface area (Å²) < 4.78 is 0. The average Bonchev–Trinajstić information content (AvgIpc) is 2.85. The highest BCUT2D eigenvalue weighted by Gasteiger charge is 2.24. The molecule has 3 heteroatoms. The Kier molecular flexibility index (Phi) is 5.14. The monoisotopic (exact) mass is 290 g/mol. The van der Waals surface area contributed by atoms with Gasteiger partial charge in [0.1, 0.15) is 0 Å². The summed E-state index contributed by atoms with van der Waals surface area (Å²) in [6.45, 7) is 10.0. The van der Waals surface area contributed by atoms with E-state index in [9.17, 15) is 0 Å². The molecule has 1 aromatic rings. The quantitative estimate of drug-likeness (QED) is 0.887. The van der Waals surface area contributed by atoms with Crippen molar-refractivity contribution in [3.05, 3.63) is 35.9 Å². The molecule has 1 heterocycles. The molecule has 2 rings (SSSR count). The average molecular weight is 290 g/mol. The molecule has 0 saturated carbocycles. The summed E-state index contributed by atoms with van der Waals surface area (Å²) in [6.07, 6.45) is 1.08. The first kappa shape index (κ1) is 15.4. The topological polar surface area (TPSA) is 24.4 Å². The minimum absolute atomic E-state index is 0.271. The van der Waals surface area contributed by atoms with Crippen molar-refractivity contribution in [2.24, 2.45) is 16.3 Å². The first-order chi connectivity index (χ1) is 9.47. The Morgan fingerprint density at radius 2 is 2.00 bits per heavy atom. The molecule has 20 heavy (non-hydrogen) atoms. The molecule has 1 saturated heterocycles. The van der Waals surface area contributed by atoms with Crippen LogP contribution in [0.25, 0.3) is 0 Å². The maximum Gasteiger partial charge on any atom is 0.156 e. The van der Waals surface area contributed by atoms with E-state index in [1.165, 1.54) is 5.56 Å². The lowest BCUT2D eigenvalue weighted by atomic mass is 9.81. The molecular formula is C17H26N2S. The molecule has 1 atom stereocenters. The van der Waals surface area contributed by atoms with Gasteiger partial charge >= 0.3 is 0 Å². The van der Waals surface area contributed by atoms with Crippen molar-refractivity contribution in [1.29, 1.82) is 0 Å². The summed E-state index contributed by atoms with van der Waals surface area (Å²) >= 11 is 1.86. The molecule has 0 bridgehead atoms. The van der Waals surface area contributed by atoms with Crippen LogP contribution < -0.4 is 5.32 Å². The number of nitrogens with zero attached hydrogens (tertiary/aromatic N) is 1. The van der Waals surface area contributed by atoms with Crippen LogP contribution in [0.4, 0.5) is 0 Å². The Balaban J connectivity index is 1.86. The zero-order valence-corrected chi connectivity index (χ0v) is 13.8.